The second-order valence-corrected chi connectivity index (χ2v) is 6.00. The van der Waals surface area contributed by atoms with Crippen molar-refractivity contribution >= 4 is 11.8 Å². The molecule has 0 aliphatic rings. The lowest BCUT2D eigenvalue weighted by Crippen LogP contribution is -2.06. The molecule has 0 saturated carbocycles. The second kappa shape index (κ2) is 7.11. The topological polar surface area (TPSA) is 80.5 Å². The van der Waals surface area contributed by atoms with Crippen LogP contribution in [0.3, 0.4) is 0 Å². The van der Waals surface area contributed by atoms with E-state index in [-0.39, 0.29) is 5.25 Å². The summed E-state index contributed by atoms with van der Waals surface area (Å²) in [6.07, 6.45) is 4.10. The first-order chi connectivity index (χ1) is 11.3. The van der Waals surface area contributed by atoms with Gasteiger partial charge in [-0.1, -0.05) is 24.8 Å². The maximum absolute atomic E-state index is 9.20. The molecule has 3 rings (SSSR count). The number of furan rings is 1. The van der Waals surface area contributed by atoms with Gasteiger partial charge in [-0.3, -0.25) is 9.55 Å². The van der Waals surface area contributed by atoms with Crippen molar-refractivity contribution < 1.29 is 4.42 Å². The number of hydrogen-bond acceptors (Lipinski definition) is 6. The van der Waals surface area contributed by atoms with Crippen LogP contribution >= 0.6 is 11.8 Å². The van der Waals surface area contributed by atoms with Gasteiger partial charge in [0.15, 0.2) is 11.0 Å². The summed E-state index contributed by atoms with van der Waals surface area (Å²) in [5.74, 6) is 1.46. The zero-order valence-electron chi connectivity index (χ0n) is 12.6. The molecule has 23 heavy (non-hydrogen) atoms. The highest BCUT2D eigenvalue weighted by Gasteiger charge is 2.19. The van der Waals surface area contributed by atoms with Gasteiger partial charge >= 0.3 is 0 Å². The molecule has 3 aromatic rings. The molecule has 0 N–H and O–H groups in total. The van der Waals surface area contributed by atoms with E-state index in [1.54, 1.807) is 12.5 Å². The molecule has 0 aliphatic heterocycles. The first-order valence-corrected chi connectivity index (χ1v) is 8.13. The van der Waals surface area contributed by atoms with E-state index in [4.69, 9.17) is 4.42 Å². The van der Waals surface area contributed by atoms with Crippen molar-refractivity contribution in [3.8, 4) is 17.6 Å². The van der Waals surface area contributed by atoms with Gasteiger partial charge in [0.1, 0.15) is 11.5 Å². The van der Waals surface area contributed by atoms with Crippen LogP contribution in [-0.4, -0.2) is 25.0 Å². The molecule has 3 aromatic heterocycles. The largest absolute Gasteiger partial charge is 0.467 e. The smallest absolute Gasteiger partial charge is 0.193 e. The summed E-state index contributed by atoms with van der Waals surface area (Å²) in [5.41, 5.74) is 0.739. The van der Waals surface area contributed by atoms with Crippen LogP contribution < -0.4 is 0 Å². The maximum Gasteiger partial charge on any atom is 0.193 e. The zero-order chi connectivity index (χ0) is 16.1. The lowest BCUT2D eigenvalue weighted by atomic mass is 10.3. The minimum atomic E-state index is -0.161. The Morgan fingerprint density at radius 2 is 2.22 bits per heavy atom. The van der Waals surface area contributed by atoms with E-state index in [0.29, 0.717) is 17.5 Å². The van der Waals surface area contributed by atoms with Gasteiger partial charge < -0.3 is 4.42 Å². The Labute approximate surface area is 138 Å². The molecule has 6 nitrogen and oxygen atoms in total. The van der Waals surface area contributed by atoms with E-state index in [2.05, 4.69) is 21.3 Å². The summed E-state index contributed by atoms with van der Waals surface area (Å²) in [6.45, 7) is 2.48. The van der Waals surface area contributed by atoms with E-state index < -0.39 is 0 Å². The van der Waals surface area contributed by atoms with Crippen LogP contribution in [0.5, 0.6) is 0 Å². The number of pyridine rings is 1. The zero-order valence-corrected chi connectivity index (χ0v) is 13.4. The van der Waals surface area contributed by atoms with E-state index in [1.165, 1.54) is 11.8 Å². The molecule has 0 aliphatic carbocycles. The maximum atomic E-state index is 9.20. The standard InChI is InChI=1S/C16H15N5OS/c1-2-13(10-17)23-16-20-19-15(14-7-3-4-8-18-14)21(16)11-12-6-5-9-22-12/h3-9,13H,2,11H2,1H3/t13-/m0/s1. The first-order valence-electron chi connectivity index (χ1n) is 7.25. The van der Waals surface area contributed by atoms with Gasteiger partial charge in [0.05, 0.1) is 24.1 Å². The molecule has 0 saturated heterocycles. The van der Waals surface area contributed by atoms with Crippen molar-refractivity contribution in [2.24, 2.45) is 0 Å². The molecule has 0 fully saturated rings. The highest BCUT2D eigenvalue weighted by Crippen LogP contribution is 2.28. The third-order valence-electron chi connectivity index (χ3n) is 3.27. The first kappa shape index (κ1) is 15.3. The molecular weight excluding hydrogens is 310 g/mol. The lowest BCUT2D eigenvalue weighted by molar-refractivity contribution is 0.485. The number of nitriles is 1. The molecule has 0 bridgehead atoms. The molecular formula is C16H15N5OS. The Balaban J connectivity index is 1.99. The van der Waals surface area contributed by atoms with Gasteiger partial charge in [0.2, 0.25) is 0 Å². The molecule has 0 unspecified atom stereocenters. The van der Waals surface area contributed by atoms with Gasteiger partial charge in [-0.2, -0.15) is 5.26 Å². The van der Waals surface area contributed by atoms with Crippen LogP contribution in [0, 0.1) is 11.3 Å². The molecule has 0 aromatic carbocycles. The Bertz CT molecular complexity index is 792. The second-order valence-electron chi connectivity index (χ2n) is 4.83. The van der Waals surface area contributed by atoms with Gasteiger partial charge in [0.25, 0.3) is 0 Å². The van der Waals surface area contributed by atoms with Gasteiger partial charge in [-0.25, -0.2) is 0 Å². The Morgan fingerprint density at radius 3 is 2.87 bits per heavy atom. The van der Waals surface area contributed by atoms with Crippen molar-refractivity contribution in [3.05, 3.63) is 48.6 Å². The average molecular weight is 325 g/mol. The van der Waals surface area contributed by atoms with Crippen molar-refractivity contribution in [3.63, 3.8) is 0 Å². The van der Waals surface area contributed by atoms with E-state index >= 15 is 0 Å². The fourth-order valence-corrected chi connectivity index (χ4v) is 2.93. The van der Waals surface area contributed by atoms with Crippen LogP contribution in [0.2, 0.25) is 0 Å². The minimum Gasteiger partial charge on any atom is -0.467 e. The van der Waals surface area contributed by atoms with Gasteiger partial charge in [0, 0.05) is 6.20 Å². The summed E-state index contributed by atoms with van der Waals surface area (Å²) in [6, 6.07) is 11.7. The number of thioether (sulfide) groups is 1. The Morgan fingerprint density at radius 1 is 1.30 bits per heavy atom. The SMILES string of the molecule is CC[C@@H](C#N)Sc1nnc(-c2ccccn2)n1Cc1ccco1. The monoisotopic (exact) mass is 325 g/mol. The van der Waals surface area contributed by atoms with Gasteiger partial charge in [-0.05, 0) is 30.7 Å². The molecule has 3 heterocycles. The molecule has 0 spiro atoms. The summed E-state index contributed by atoms with van der Waals surface area (Å²) >= 11 is 1.41. The third kappa shape index (κ3) is 3.43. The molecule has 0 amide bonds. The predicted octanol–water partition coefficient (Wildman–Crippen LogP) is 3.38. The fraction of sp³-hybridized carbons (Fsp3) is 0.250. The number of nitrogens with zero attached hydrogens (tertiary/aromatic N) is 5. The number of aromatic nitrogens is 4. The summed E-state index contributed by atoms with van der Waals surface area (Å²) in [5, 5.41) is 18.2. The number of hydrogen-bond donors (Lipinski definition) is 0. The third-order valence-corrected chi connectivity index (χ3v) is 4.50. The minimum absolute atomic E-state index is 0.161. The summed E-state index contributed by atoms with van der Waals surface area (Å²) in [4.78, 5) is 4.34. The Kier molecular flexibility index (Phi) is 4.74. The fourth-order valence-electron chi connectivity index (χ4n) is 2.09. The normalized spacial score (nSPS) is 12.0. The van der Waals surface area contributed by atoms with E-state index in [0.717, 1.165) is 17.9 Å². The molecule has 116 valence electrons. The van der Waals surface area contributed by atoms with Crippen molar-refractivity contribution in [1.29, 1.82) is 5.26 Å². The van der Waals surface area contributed by atoms with Crippen LogP contribution in [0.1, 0.15) is 19.1 Å². The quantitative estimate of drug-likeness (QED) is 0.646. The number of rotatable bonds is 6. The van der Waals surface area contributed by atoms with Gasteiger partial charge in [-0.15, -0.1) is 10.2 Å². The van der Waals surface area contributed by atoms with Crippen LogP contribution in [0.15, 0.2) is 52.4 Å². The average Bonchev–Trinajstić information content (AvgIpc) is 3.24. The van der Waals surface area contributed by atoms with Crippen LogP contribution in [-0.2, 0) is 6.54 Å². The summed E-state index contributed by atoms with van der Waals surface area (Å²) < 4.78 is 7.38. The van der Waals surface area contributed by atoms with Crippen molar-refractivity contribution in [2.75, 3.05) is 0 Å². The predicted molar refractivity (Wildman–Crippen MR) is 86.6 cm³/mol. The van der Waals surface area contributed by atoms with Crippen LogP contribution in [0.25, 0.3) is 11.5 Å². The molecule has 7 heteroatoms. The van der Waals surface area contributed by atoms with E-state index in [9.17, 15) is 5.26 Å². The van der Waals surface area contributed by atoms with Crippen molar-refractivity contribution in [2.45, 2.75) is 30.3 Å². The van der Waals surface area contributed by atoms with Crippen LogP contribution in [0.4, 0.5) is 0 Å². The summed E-state index contributed by atoms with van der Waals surface area (Å²) in [7, 11) is 0. The highest BCUT2D eigenvalue weighted by molar-refractivity contribution is 8.00. The Hall–Kier alpha value is -2.59. The molecule has 0 radical (unpaired) electrons. The van der Waals surface area contributed by atoms with Crippen molar-refractivity contribution in [1.82, 2.24) is 19.7 Å². The highest BCUT2D eigenvalue weighted by atomic mass is 32.2. The lowest BCUT2D eigenvalue weighted by Gasteiger charge is -2.09. The van der Waals surface area contributed by atoms with E-state index in [1.807, 2.05) is 41.8 Å². The molecule has 1 atom stereocenters.